The summed E-state index contributed by atoms with van der Waals surface area (Å²) in [5.74, 6) is 1.66. The molecule has 2 unspecified atom stereocenters. The normalized spacial score (nSPS) is 23.9. The third-order valence-corrected chi connectivity index (χ3v) is 4.22. The summed E-state index contributed by atoms with van der Waals surface area (Å²) in [6.07, 6.45) is 3.66. The highest BCUT2D eigenvalue weighted by Crippen LogP contribution is 2.31. The van der Waals surface area contributed by atoms with Crippen molar-refractivity contribution >= 4 is 11.1 Å². The van der Waals surface area contributed by atoms with Crippen LogP contribution in [0.15, 0.2) is 16.5 Å². The monoisotopic (exact) mass is 258 g/mol. The second kappa shape index (κ2) is 4.97. The summed E-state index contributed by atoms with van der Waals surface area (Å²) in [4.78, 5) is 4.70. The minimum absolute atomic E-state index is 0.283. The fourth-order valence-corrected chi connectivity index (χ4v) is 3.10. The van der Waals surface area contributed by atoms with Crippen LogP contribution in [0.4, 0.5) is 0 Å². The molecule has 0 amide bonds. The number of benzene rings is 1. The lowest BCUT2D eigenvalue weighted by Gasteiger charge is -2.27. The number of hydrogen-bond acceptors (Lipinski definition) is 3. The number of hydrogen-bond donors (Lipinski definition) is 1. The molecule has 1 N–H and O–H groups in total. The first kappa shape index (κ1) is 12.7. The van der Waals surface area contributed by atoms with Crippen molar-refractivity contribution in [2.45, 2.75) is 46.1 Å². The van der Waals surface area contributed by atoms with E-state index >= 15 is 0 Å². The zero-order valence-corrected chi connectivity index (χ0v) is 12.0. The van der Waals surface area contributed by atoms with E-state index in [1.807, 2.05) is 0 Å². The van der Waals surface area contributed by atoms with E-state index in [4.69, 9.17) is 9.40 Å². The third kappa shape index (κ3) is 2.39. The molecule has 0 aliphatic carbocycles. The molecule has 1 aromatic carbocycles. The quantitative estimate of drug-likeness (QED) is 0.888. The van der Waals surface area contributed by atoms with Crippen molar-refractivity contribution in [3.63, 3.8) is 0 Å². The highest BCUT2D eigenvalue weighted by Gasteiger charge is 2.25. The van der Waals surface area contributed by atoms with Crippen LogP contribution in [0.2, 0.25) is 0 Å². The molecule has 19 heavy (non-hydrogen) atoms. The zero-order chi connectivity index (χ0) is 13.4. The molecule has 2 aromatic rings. The molecule has 1 saturated heterocycles. The topological polar surface area (TPSA) is 38.1 Å². The van der Waals surface area contributed by atoms with Gasteiger partial charge in [0.05, 0.1) is 6.04 Å². The number of nitrogens with zero attached hydrogens (tertiary/aromatic N) is 1. The Kier molecular flexibility index (Phi) is 3.31. The lowest BCUT2D eigenvalue weighted by atomic mass is 9.90. The Bertz CT molecular complexity index is 588. The predicted molar refractivity (Wildman–Crippen MR) is 77.2 cm³/mol. The number of nitrogens with one attached hydrogen (secondary N) is 1. The Morgan fingerprint density at radius 1 is 1.37 bits per heavy atom. The summed E-state index contributed by atoms with van der Waals surface area (Å²) in [7, 11) is 0. The average molecular weight is 258 g/mol. The van der Waals surface area contributed by atoms with E-state index < -0.39 is 0 Å². The Balaban J connectivity index is 1.94. The number of aryl methyl sites for hydroxylation is 2. The summed E-state index contributed by atoms with van der Waals surface area (Å²) in [6.45, 7) is 7.53. The fourth-order valence-electron chi connectivity index (χ4n) is 3.10. The van der Waals surface area contributed by atoms with Crippen LogP contribution >= 0.6 is 0 Å². The van der Waals surface area contributed by atoms with Gasteiger partial charge in [-0.15, -0.1) is 0 Å². The average Bonchev–Trinajstić information content (AvgIpc) is 2.83. The van der Waals surface area contributed by atoms with Crippen molar-refractivity contribution in [2.75, 3.05) is 6.54 Å². The van der Waals surface area contributed by atoms with Crippen LogP contribution in [-0.2, 0) is 0 Å². The van der Waals surface area contributed by atoms with Gasteiger partial charge < -0.3 is 9.73 Å². The van der Waals surface area contributed by atoms with E-state index in [9.17, 15) is 0 Å². The summed E-state index contributed by atoms with van der Waals surface area (Å²) < 4.78 is 6.01. The smallest absolute Gasteiger partial charge is 0.212 e. The van der Waals surface area contributed by atoms with E-state index in [0.29, 0.717) is 0 Å². The molecule has 3 heteroatoms. The summed E-state index contributed by atoms with van der Waals surface area (Å²) in [5.41, 5.74) is 4.36. The molecule has 1 aromatic heterocycles. The molecule has 0 bridgehead atoms. The molecule has 0 saturated carbocycles. The molecule has 2 heterocycles. The molecule has 102 valence electrons. The number of oxazole rings is 1. The van der Waals surface area contributed by atoms with Crippen molar-refractivity contribution in [1.29, 1.82) is 0 Å². The minimum Gasteiger partial charge on any atom is -0.439 e. The van der Waals surface area contributed by atoms with Crippen molar-refractivity contribution < 1.29 is 4.42 Å². The second-order valence-corrected chi connectivity index (χ2v) is 5.79. The van der Waals surface area contributed by atoms with Gasteiger partial charge in [0.25, 0.3) is 0 Å². The van der Waals surface area contributed by atoms with Gasteiger partial charge in [0.2, 0.25) is 5.89 Å². The van der Waals surface area contributed by atoms with Gasteiger partial charge in [0, 0.05) is 0 Å². The molecular weight excluding hydrogens is 236 g/mol. The van der Waals surface area contributed by atoms with E-state index in [1.165, 1.54) is 24.0 Å². The maximum atomic E-state index is 6.01. The molecule has 1 aliphatic heterocycles. The van der Waals surface area contributed by atoms with Crippen molar-refractivity contribution in [3.8, 4) is 0 Å². The standard InChI is InChI=1S/C16H22N2O/c1-4-12-5-6-17-14(9-12)16-18-13-8-10(2)7-11(3)15(13)19-16/h7-8,12,14,17H,4-6,9H2,1-3H3. The lowest BCUT2D eigenvalue weighted by molar-refractivity contribution is 0.267. The van der Waals surface area contributed by atoms with Crippen LogP contribution in [0.3, 0.4) is 0 Å². The van der Waals surface area contributed by atoms with Crippen molar-refractivity contribution in [1.82, 2.24) is 10.3 Å². The maximum Gasteiger partial charge on any atom is 0.212 e. The Morgan fingerprint density at radius 2 is 2.21 bits per heavy atom. The molecule has 0 radical (unpaired) electrons. The maximum absolute atomic E-state index is 6.01. The summed E-state index contributed by atoms with van der Waals surface area (Å²) >= 11 is 0. The molecule has 1 fully saturated rings. The molecular formula is C16H22N2O. The SMILES string of the molecule is CCC1CCNC(c2nc3cc(C)cc(C)c3o2)C1. The molecule has 2 atom stereocenters. The van der Waals surface area contributed by atoms with Crippen LogP contribution in [0.5, 0.6) is 0 Å². The summed E-state index contributed by atoms with van der Waals surface area (Å²) in [6, 6.07) is 4.54. The lowest BCUT2D eigenvalue weighted by Crippen LogP contribution is -2.31. The first-order valence-electron chi connectivity index (χ1n) is 7.28. The van der Waals surface area contributed by atoms with Crippen LogP contribution in [0.25, 0.3) is 11.1 Å². The van der Waals surface area contributed by atoms with Crippen LogP contribution < -0.4 is 5.32 Å². The van der Waals surface area contributed by atoms with E-state index in [2.05, 4.69) is 38.2 Å². The Morgan fingerprint density at radius 3 is 3.00 bits per heavy atom. The number of aromatic nitrogens is 1. The van der Waals surface area contributed by atoms with E-state index in [0.717, 1.165) is 35.9 Å². The van der Waals surface area contributed by atoms with Gasteiger partial charge >= 0.3 is 0 Å². The van der Waals surface area contributed by atoms with Gasteiger partial charge in [0.15, 0.2) is 5.58 Å². The van der Waals surface area contributed by atoms with E-state index in [-0.39, 0.29) is 6.04 Å². The van der Waals surface area contributed by atoms with Gasteiger partial charge in [0.1, 0.15) is 5.52 Å². The first-order valence-corrected chi connectivity index (χ1v) is 7.28. The largest absolute Gasteiger partial charge is 0.439 e. The van der Waals surface area contributed by atoms with Gasteiger partial charge in [-0.05, 0) is 56.3 Å². The van der Waals surface area contributed by atoms with Gasteiger partial charge in [-0.1, -0.05) is 19.4 Å². The first-order chi connectivity index (χ1) is 9.17. The van der Waals surface area contributed by atoms with Crippen molar-refractivity contribution in [3.05, 3.63) is 29.2 Å². The van der Waals surface area contributed by atoms with Crippen molar-refractivity contribution in [2.24, 2.45) is 5.92 Å². The molecule has 3 rings (SSSR count). The predicted octanol–water partition coefficient (Wildman–Crippen LogP) is 3.90. The molecule has 0 spiro atoms. The van der Waals surface area contributed by atoms with E-state index in [1.54, 1.807) is 0 Å². The molecule has 3 nitrogen and oxygen atoms in total. The van der Waals surface area contributed by atoms with Gasteiger partial charge in [-0.2, -0.15) is 0 Å². The van der Waals surface area contributed by atoms with Crippen LogP contribution in [0.1, 0.15) is 49.2 Å². The number of rotatable bonds is 2. The van der Waals surface area contributed by atoms with Crippen LogP contribution in [-0.4, -0.2) is 11.5 Å². The Hall–Kier alpha value is -1.35. The zero-order valence-electron chi connectivity index (χ0n) is 12.0. The number of piperidine rings is 1. The Labute approximate surface area is 114 Å². The fraction of sp³-hybridized carbons (Fsp3) is 0.562. The van der Waals surface area contributed by atoms with Crippen LogP contribution in [0, 0.1) is 19.8 Å². The highest BCUT2D eigenvalue weighted by atomic mass is 16.3. The minimum atomic E-state index is 0.283. The second-order valence-electron chi connectivity index (χ2n) is 5.79. The van der Waals surface area contributed by atoms with Gasteiger partial charge in [-0.25, -0.2) is 4.98 Å². The van der Waals surface area contributed by atoms with Gasteiger partial charge in [-0.3, -0.25) is 0 Å². The highest BCUT2D eigenvalue weighted by molar-refractivity contribution is 5.77. The third-order valence-electron chi connectivity index (χ3n) is 4.22. The molecule has 1 aliphatic rings. The number of fused-ring (bicyclic) bond motifs is 1. The summed E-state index contributed by atoms with van der Waals surface area (Å²) in [5, 5.41) is 3.54.